The molecular weight excluding hydrogens is 430 g/mol. The third-order valence-electron chi connectivity index (χ3n) is 5.84. The lowest BCUT2D eigenvalue weighted by Crippen LogP contribution is -2.29. The molecule has 0 bridgehead atoms. The maximum absolute atomic E-state index is 13.1. The number of methoxy groups -OCH3 is 2. The van der Waals surface area contributed by atoms with E-state index in [1.165, 1.54) is 4.68 Å². The van der Waals surface area contributed by atoms with E-state index in [-0.39, 0.29) is 11.1 Å². The lowest BCUT2D eigenvalue weighted by molar-refractivity contribution is 0.395. The van der Waals surface area contributed by atoms with Gasteiger partial charge in [-0.2, -0.15) is 9.78 Å². The van der Waals surface area contributed by atoms with E-state index in [9.17, 15) is 4.79 Å². The predicted molar refractivity (Wildman–Crippen MR) is 123 cm³/mol. The second kappa shape index (κ2) is 8.20. The zero-order valence-corrected chi connectivity index (χ0v) is 18.5. The summed E-state index contributed by atoms with van der Waals surface area (Å²) < 4.78 is 12.2. The Morgan fingerprint density at radius 1 is 1.16 bits per heavy atom. The van der Waals surface area contributed by atoms with Gasteiger partial charge in [0.25, 0.3) is 5.56 Å². The van der Waals surface area contributed by atoms with E-state index in [2.05, 4.69) is 20.0 Å². The number of benzene rings is 2. The summed E-state index contributed by atoms with van der Waals surface area (Å²) in [5.41, 5.74) is 2.73. The van der Waals surface area contributed by atoms with Crippen molar-refractivity contribution < 1.29 is 9.47 Å². The van der Waals surface area contributed by atoms with Crippen molar-refractivity contribution in [1.29, 1.82) is 0 Å². The number of ether oxygens (including phenoxy) is 2. The zero-order valence-electron chi connectivity index (χ0n) is 17.7. The molecule has 0 amide bonds. The number of H-pyrrole nitrogens is 1. The van der Waals surface area contributed by atoms with Crippen LogP contribution < -0.4 is 19.9 Å². The van der Waals surface area contributed by atoms with E-state index >= 15 is 0 Å². The highest BCUT2D eigenvalue weighted by Gasteiger charge is 2.31. The second-order valence-corrected chi connectivity index (χ2v) is 7.98. The minimum Gasteiger partial charge on any atom is -0.497 e. The SMILES string of the molecule is COc1ccc(OC)c([C@H]2CCCN2c2cnn(-c3nc4ccccc4[nH]3)c(=O)c2Cl)c1. The van der Waals surface area contributed by atoms with Crippen LogP contribution >= 0.6 is 11.6 Å². The molecule has 0 aliphatic carbocycles. The van der Waals surface area contributed by atoms with E-state index in [4.69, 9.17) is 21.1 Å². The molecule has 1 aliphatic heterocycles. The van der Waals surface area contributed by atoms with Crippen molar-refractivity contribution in [2.75, 3.05) is 25.7 Å². The molecule has 1 N–H and O–H groups in total. The molecule has 1 atom stereocenters. The largest absolute Gasteiger partial charge is 0.497 e. The van der Waals surface area contributed by atoms with Crippen LogP contribution in [0.4, 0.5) is 5.69 Å². The average Bonchev–Trinajstić information content (AvgIpc) is 3.47. The van der Waals surface area contributed by atoms with Gasteiger partial charge in [0.15, 0.2) is 0 Å². The molecule has 0 spiro atoms. The quantitative estimate of drug-likeness (QED) is 0.491. The van der Waals surface area contributed by atoms with Gasteiger partial charge in [-0.25, -0.2) is 4.98 Å². The van der Waals surface area contributed by atoms with Crippen LogP contribution in [0.5, 0.6) is 11.5 Å². The molecule has 1 saturated heterocycles. The number of nitrogens with zero attached hydrogens (tertiary/aromatic N) is 4. The molecule has 8 nitrogen and oxygen atoms in total. The molecule has 32 heavy (non-hydrogen) atoms. The summed E-state index contributed by atoms with van der Waals surface area (Å²) in [7, 11) is 3.28. The van der Waals surface area contributed by atoms with Crippen molar-refractivity contribution in [3.63, 3.8) is 0 Å². The van der Waals surface area contributed by atoms with Crippen molar-refractivity contribution >= 4 is 28.3 Å². The lowest BCUT2D eigenvalue weighted by atomic mass is 10.0. The second-order valence-electron chi connectivity index (χ2n) is 7.60. The minimum absolute atomic E-state index is 0.0131. The first-order chi connectivity index (χ1) is 15.6. The molecule has 0 saturated carbocycles. The summed E-state index contributed by atoms with van der Waals surface area (Å²) in [6.07, 6.45) is 3.47. The fraction of sp³-hybridized carbons (Fsp3) is 0.261. The summed E-state index contributed by atoms with van der Waals surface area (Å²) in [4.78, 5) is 22.8. The number of para-hydroxylation sites is 2. The summed E-state index contributed by atoms with van der Waals surface area (Å²) >= 11 is 6.60. The predicted octanol–water partition coefficient (Wildman–Crippen LogP) is 4.12. The van der Waals surface area contributed by atoms with Crippen molar-refractivity contribution in [2.24, 2.45) is 0 Å². The number of nitrogens with one attached hydrogen (secondary N) is 1. The number of rotatable bonds is 5. The van der Waals surface area contributed by atoms with Crippen LogP contribution in [-0.2, 0) is 0 Å². The third-order valence-corrected chi connectivity index (χ3v) is 6.19. The molecule has 1 aliphatic rings. The lowest BCUT2D eigenvalue weighted by Gasteiger charge is -2.28. The van der Waals surface area contributed by atoms with Gasteiger partial charge in [-0.15, -0.1) is 0 Å². The number of aromatic nitrogens is 4. The molecule has 2 aromatic heterocycles. The molecule has 0 unspecified atom stereocenters. The monoisotopic (exact) mass is 451 g/mol. The topological polar surface area (TPSA) is 85.3 Å². The molecular formula is C23H22ClN5O3. The Bertz CT molecular complexity index is 1320. The summed E-state index contributed by atoms with van der Waals surface area (Å²) in [6, 6.07) is 13.3. The first kappa shape index (κ1) is 20.4. The standard InChI is InChI=1S/C23H22ClN5O3/c1-31-14-9-10-20(32-2)15(12-14)18-8-5-11-28(18)19-13-25-29(22(30)21(19)24)23-26-16-6-3-4-7-17(16)27-23/h3-4,6-7,9-10,12-13,18H,5,8,11H2,1-2H3,(H,26,27)/t18-/m1/s1. The van der Waals surface area contributed by atoms with E-state index in [0.717, 1.165) is 47.5 Å². The molecule has 2 aromatic carbocycles. The van der Waals surface area contributed by atoms with Gasteiger partial charge in [0.2, 0.25) is 5.95 Å². The fourth-order valence-corrected chi connectivity index (χ4v) is 4.53. The molecule has 0 radical (unpaired) electrons. The molecule has 9 heteroatoms. The highest BCUT2D eigenvalue weighted by molar-refractivity contribution is 6.33. The number of anilines is 1. The number of aromatic amines is 1. The van der Waals surface area contributed by atoms with Gasteiger partial charge < -0.3 is 19.4 Å². The van der Waals surface area contributed by atoms with Crippen LogP contribution in [0.25, 0.3) is 17.0 Å². The van der Waals surface area contributed by atoms with Gasteiger partial charge in [0.1, 0.15) is 16.5 Å². The Kier molecular flexibility index (Phi) is 5.22. The van der Waals surface area contributed by atoms with Gasteiger partial charge in [0, 0.05) is 12.1 Å². The highest BCUT2D eigenvalue weighted by atomic mass is 35.5. The van der Waals surface area contributed by atoms with E-state index in [0.29, 0.717) is 11.6 Å². The van der Waals surface area contributed by atoms with Crippen molar-refractivity contribution in [3.8, 4) is 17.4 Å². The normalized spacial score (nSPS) is 16.0. The van der Waals surface area contributed by atoms with Crippen LogP contribution in [0.1, 0.15) is 24.4 Å². The Morgan fingerprint density at radius 2 is 2.00 bits per heavy atom. The van der Waals surface area contributed by atoms with Crippen LogP contribution in [0.2, 0.25) is 5.02 Å². The van der Waals surface area contributed by atoms with Crippen LogP contribution in [0.15, 0.2) is 53.5 Å². The molecule has 164 valence electrons. The maximum Gasteiger partial charge on any atom is 0.295 e. The average molecular weight is 452 g/mol. The molecule has 5 rings (SSSR count). The molecule has 3 heterocycles. The summed E-state index contributed by atoms with van der Waals surface area (Å²) in [5, 5.41) is 4.49. The Labute approximate surface area is 189 Å². The number of halogens is 1. The van der Waals surface area contributed by atoms with E-state index in [1.807, 2.05) is 42.5 Å². The maximum atomic E-state index is 13.1. The van der Waals surface area contributed by atoms with Gasteiger partial charge in [-0.05, 0) is 43.2 Å². The first-order valence-electron chi connectivity index (χ1n) is 10.3. The Hall–Kier alpha value is -3.52. The van der Waals surface area contributed by atoms with Crippen molar-refractivity contribution in [2.45, 2.75) is 18.9 Å². The van der Waals surface area contributed by atoms with Gasteiger partial charge in [0.05, 0.1) is 43.2 Å². The van der Waals surface area contributed by atoms with Crippen LogP contribution in [-0.4, -0.2) is 40.5 Å². The van der Waals surface area contributed by atoms with Gasteiger partial charge in [-0.1, -0.05) is 23.7 Å². The Morgan fingerprint density at radius 3 is 2.78 bits per heavy atom. The van der Waals surface area contributed by atoms with Gasteiger partial charge >= 0.3 is 0 Å². The van der Waals surface area contributed by atoms with E-state index < -0.39 is 5.56 Å². The van der Waals surface area contributed by atoms with Crippen molar-refractivity contribution in [1.82, 2.24) is 19.7 Å². The molecule has 1 fully saturated rings. The number of imidazole rings is 1. The number of fused-ring (bicyclic) bond motifs is 1. The zero-order chi connectivity index (χ0) is 22.2. The Balaban J connectivity index is 1.55. The number of hydrogen-bond acceptors (Lipinski definition) is 6. The van der Waals surface area contributed by atoms with Gasteiger partial charge in [-0.3, -0.25) is 4.79 Å². The fourth-order valence-electron chi connectivity index (χ4n) is 4.29. The van der Waals surface area contributed by atoms with Crippen molar-refractivity contribution in [3.05, 3.63) is 69.6 Å². The minimum atomic E-state index is -0.425. The summed E-state index contributed by atoms with van der Waals surface area (Å²) in [6.45, 7) is 0.751. The highest BCUT2D eigenvalue weighted by Crippen LogP contribution is 2.42. The smallest absolute Gasteiger partial charge is 0.295 e. The summed E-state index contributed by atoms with van der Waals surface area (Å²) in [5.74, 6) is 1.84. The van der Waals surface area contributed by atoms with E-state index in [1.54, 1.807) is 20.4 Å². The number of hydrogen-bond donors (Lipinski definition) is 1. The molecule has 4 aromatic rings. The van der Waals surface area contributed by atoms with Crippen LogP contribution in [0, 0.1) is 0 Å². The third kappa shape index (κ3) is 3.36. The first-order valence-corrected chi connectivity index (χ1v) is 10.7. The van der Waals surface area contributed by atoms with Crippen LogP contribution in [0.3, 0.4) is 0 Å².